The molecule has 0 saturated heterocycles. The zero-order valence-corrected chi connectivity index (χ0v) is 12.9. The first-order chi connectivity index (χ1) is 10.3. The fourth-order valence-corrected chi connectivity index (χ4v) is 1.53. The summed E-state index contributed by atoms with van der Waals surface area (Å²) in [6.07, 6.45) is 0. The Morgan fingerprint density at radius 1 is 0.739 bits per heavy atom. The van der Waals surface area contributed by atoms with Crippen molar-refractivity contribution in [2.75, 3.05) is 39.3 Å². The fraction of sp³-hybridized carbons (Fsp3) is 0.600. The Morgan fingerprint density at radius 3 is 1.30 bits per heavy atom. The van der Waals surface area contributed by atoms with Crippen LogP contribution < -0.4 is 11.8 Å². The van der Waals surface area contributed by atoms with Crippen LogP contribution in [0.4, 0.5) is 0 Å². The van der Waals surface area contributed by atoms with Gasteiger partial charge in [0.25, 0.3) is 0 Å². The number of carboxylic acids is 2. The largest absolute Gasteiger partial charge is 0.480 e. The van der Waals surface area contributed by atoms with Crippen molar-refractivity contribution in [3.63, 3.8) is 0 Å². The van der Waals surface area contributed by atoms with E-state index in [0.717, 1.165) is 4.90 Å². The summed E-state index contributed by atoms with van der Waals surface area (Å²) in [6, 6.07) is 0. The number of rotatable bonds is 11. The van der Waals surface area contributed by atoms with E-state index in [1.165, 1.54) is 4.90 Å². The third-order valence-corrected chi connectivity index (χ3v) is 2.42. The van der Waals surface area contributed by atoms with Gasteiger partial charge in [-0.05, 0) is 0 Å². The second-order valence-electron chi connectivity index (χ2n) is 4.19. The predicted octanol–water partition coefficient (Wildman–Crippen LogP) is -3.41. The minimum absolute atomic E-state index is 0. The van der Waals surface area contributed by atoms with Gasteiger partial charge < -0.3 is 19.9 Å². The summed E-state index contributed by atoms with van der Waals surface area (Å²) in [5.74, 6) is 5.27. The van der Waals surface area contributed by atoms with E-state index in [1.807, 2.05) is 0 Å². The third-order valence-electron chi connectivity index (χ3n) is 2.42. The first-order valence-corrected chi connectivity index (χ1v) is 5.95. The van der Waals surface area contributed by atoms with Crippen molar-refractivity contribution in [3.8, 4) is 0 Å². The van der Waals surface area contributed by atoms with Crippen LogP contribution in [0.2, 0.25) is 0 Å². The van der Waals surface area contributed by atoms with E-state index in [0.29, 0.717) is 0 Å². The molecule has 6 N–H and O–H groups in total. The molecule has 0 aromatic rings. The van der Waals surface area contributed by atoms with Crippen molar-refractivity contribution in [3.05, 3.63) is 0 Å². The molecule has 0 aliphatic carbocycles. The molecule has 0 bridgehead atoms. The molecule has 0 rings (SSSR count). The van der Waals surface area contributed by atoms with Crippen molar-refractivity contribution in [2.24, 2.45) is 11.8 Å². The molecule has 12 nitrogen and oxygen atoms in total. The minimum Gasteiger partial charge on any atom is -0.480 e. The molecule has 0 amide bonds. The van der Waals surface area contributed by atoms with Crippen LogP contribution in [0.15, 0.2) is 0 Å². The number of carboxylic acid groups (broad SMARTS) is 2. The molecule has 0 aliphatic rings. The molecule has 0 atom stereocenters. The molecular formula is C10H18CuN4O8. The van der Waals surface area contributed by atoms with Crippen LogP contribution in [-0.4, -0.2) is 83.2 Å². The second-order valence-corrected chi connectivity index (χ2v) is 4.19. The second kappa shape index (κ2) is 12.8. The Morgan fingerprint density at radius 2 is 1.04 bits per heavy atom. The zero-order valence-electron chi connectivity index (χ0n) is 11.9. The van der Waals surface area contributed by atoms with Crippen molar-refractivity contribution in [1.82, 2.24) is 9.80 Å². The maximum Gasteiger partial charge on any atom is 0.338 e. The van der Waals surface area contributed by atoms with E-state index in [4.69, 9.17) is 10.2 Å². The number of nitrogens with two attached hydrogens (primary N) is 2. The first-order valence-electron chi connectivity index (χ1n) is 5.95. The van der Waals surface area contributed by atoms with Crippen molar-refractivity contribution in [1.29, 1.82) is 0 Å². The molecule has 13 heteroatoms. The Labute approximate surface area is 141 Å². The van der Waals surface area contributed by atoms with E-state index >= 15 is 0 Å². The quantitative estimate of drug-likeness (QED) is 0.204. The van der Waals surface area contributed by atoms with E-state index in [-0.39, 0.29) is 43.2 Å². The molecule has 0 saturated carbocycles. The average molecular weight is 386 g/mol. The standard InChI is InChI=1S/C10H18N4O8.Cu/c11-21-9(19)5-14(6-10(20)22-12)2-1-13(3-7(15)16)4-8(17)18;/h1-6,11-12H2,(H,15,16)(H,17,18);. The van der Waals surface area contributed by atoms with E-state index in [2.05, 4.69) is 21.5 Å². The van der Waals surface area contributed by atoms with Crippen LogP contribution in [0.3, 0.4) is 0 Å². The maximum absolute atomic E-state index is 11.1. The smallest absolute Gasteiger partial charge is 0.338 e. The van der Waals surface area contributed by atoms with E-state index < -0.39 is 37.0 Å². The number of hydrogen-bond acceptors (Lipinski definition) is 10. The molecule has 0 aromatic heterocycles. The average Bonchev–Trinajstić information content (AvgIpc) is 2.42. The molecule has 1 radical (unpaired) electrons. The molecule has 0 fully saturated rings. The Bertz CT molecular complexity index is 388. The Balaban J connectivity index is 0. The van der Waals surface area contributed by atoms with Gasteiger partial charge in [-0.15, -0.1) is 0 Å². The number of carbonyl (C=O) groups excluding carboxylic acids is 2. The first kappa shape index (κ1) is 23.5. The summed E-state index contributed by atoms with van der Waals surface area (Å²) in [7, 11) is 0. The SMILES string of the molecule is NOC(=O)CN(CCN(CC(=O)O)CC(=O)O)CC(=O)ON.[Cu]. The summed E-state index contributed by atoms with van der Waals surface area (Å²) < 4.78 is 0. The van der Waals surface area contributed by atoms with Gasteiger partial charge in [0.05, 0.1) is 26.2 Å². The van der Waals surface area contributed by atoms with Gasteiger partial charge in [-0.2, -0.15) is 11.8 Å². The van der Waals surface area contributed by atoms with Gasteiger partial charge in [-0.3, -0.25) is 19.4 Å². The summed E-state index contributed by atoms with van der Waals surface area (Å²) in [5.41, 5.74) is 0. The Kier molecular flexibility index (Phi) is 13.0. The van der Waals surface area contributed by atoms with Gasteiger partial charge in [0, 0.05) is 30.2 Å². The van der Waals surface area contributed by atoms with Gasteiger partial charge >= 0.3 is 23.9 Å². The molecule has 0 heterocycles. The third kappa shape index (κ3) is 12.5. The molecule has 0 aromatic carbocycles. The van der Waals surface area contributed by atoms with Gasteiger partial charge in [-0.25, -0.2) is 9.59 Å². The maximum atomic E-state index is 11.1. The summed E-state index contributed by atoms with van der Waals surface area (Å²) in [6.45, 7) is -1.82. The summed E-state index contributed by atoms with van der Waals surface area (Å²) in [5, 5.41) is 17.4. The number of aliphatic carboxylic acids is 2. The number of hydrogen-bond donors (Lipinski definition) is 4. The number of nitrogens with zero attached hydrogens (tertiary/aromatic N) is 2. The van der Waals surface area contributed by atoms with Crippen LogP contribution in [0.25, 0.3) is 0 Å². The zero-order chi connectivity index (χ0) is 17.1. The predicted molar refractivity (Wildman–Crippen MR) is 68.7 cm³/mol. The molecule has 0 unspecified atom stereocenters. The van der Waals surface area contributed by atoms with Crippen molar-refractivity contribution in [2.45, 2.75) is 0 Å². The summed E-state index contributed by atoms with van der Waals surface area (Å²) >= 11 is 0. The number of carbonyl (C=O) groups is 4. The molecule has 137 valence electrons. The van der Waals surface area contributed by atoms with Gasteiger partial charge in [0.1, 0.15) is 0 Å². The van der Waals surface area contributed by atoms with Crippen LogP contribution in [-0.2, 0) is 45.9 Å². The van der Waals surface area contributed by atoms with Gasteiger partial charge in [-0.1, -0.05) is 0 Å². The minimum atomic E-state index is -1.21. The topological polar surface area (TPSA) is 186 Å². The van der Waals surface area contributed by atoms with Crippen LogP contribution in [0.5, 0.6) is 0 Å². The van der Waals surface area contributed by atoms with E-state index in [9.17, 15) is 19.2 Å². The molecule has 23 heavy (non-hydrogen) atoms. The van der Waals surface area contributed by atoms with Crippen molar-refractivity contribution < 1.29 is 56.1 Å². The molecule has 0 spiro atoms. The fourth-order valence-electron chi connectivity index (χ4n) is 1.53. The van der Waals surface area contributed by atoms with Crippen molar-refractivity contribution >= 4 is 23.9 Å². The Hall–Kier alpha value is -1.76. The molecular weight excluding hydrogens is 368 g/mol. The van der Waals surface area contributed by atoms with Gasteiger partial charge in [0.2, 0.25) is 0 Å². The molecule has 0 aliphatic heterocycles. The summed E-state index contributed by atoms with van der Waals surface area (Å²) in [4.78, 5) is 53.8. The van der Waals surface area contributed by atoms with Crippen LogP contribution in [0, 0.1) is 0 Å². The van der Waals surface area contributed by atoms with Crippen LogP contribution in [0.1, 0.15) is 0 Å². The normalized spacial score (nSPS) is 10.1. The van der Waals surface area contributed by atoms with Gasteiger partial charge in [0.15, 0.2) is 0 Å². The monoisotopic (exact) mass is 385 g/mol. The van der Waals surface area contributed by atoms with E-state index in [1.54, 1.807) is 0 Å². The van der Waals surface area contributed by atoms with Crippen LogP contribution >= 0.6 is 0 Å².